The molecule has 1 amide bonds. The molecule has 13 heavy (non-hydrogen) atoms. The number of nitrogens with one attached hydrogen (secondary N) is 1. The minimum atomic E-state index is -0.0258. The Hall–Kier alpha value is -0.390. The fourth-order valence-corrected chi connectivity index (χ4v) is 3.14. The Labute approximate surface area is 89.7 Å². The van der Waals surface area contributed by atoms with E-state index in [0.29, 0.717) is 4.32 Å². The Balaban J connectivity index is 2.03. The van der Waals surface area contributed by atoms with Gasteiger partial charge in [0.2, 0.25) is 5.91 Å². The lowest BCUT2D eigenvalue weighted by atomic mass is 10.2. The summed E-state index contributed by atoms with van der Waals surface area (Å²) in [6.07, 6.45) is 0.778. The maximum Gasteiger partial charge on any atom is 0.239 e. The van der Waals surface area contributed by atoms with Crippen LogP contribution in [-0.4, -0.2) is 15.5 Å². The fourth-order valence-electron chi connectivity index (χ4n) is 1.15. The van der Waals surface area contributed by atoms with Crippen LogP contribution < -0.4 is 5.32 Å². The largest absolute Gasteiger partial charge is 0.311 e. The average Bonchev–Trinajstić information content (AvgIpc) is 2.63. The van der Waals surface area contributed by atoms with Gasteiger partial charge in [-0.1, -0.05) is 24.0 Å². The summed E-state index contributed by atoms with van der Waals surface area (Å²) in [5, 5.41) is 6.70. The van der Waals surface area contributed by atoms with E-state index in [0.717, 1.165) is 6.42 Å². The van der Waals surface area contributed by atoms with Crippen LogP contribution in [-0.2, 0) is 11.2 Å². The molecule has 0 radical (unpaired) electrons. The first-order valence-corrected chi connectivity index (χ1v) is 6.01. The van der Waals surface area contributed by atoms with Crippen molar-refractivity contribution >= 4 is 45.5 Å². The second-order valence-electron chi connectivity index (χ2n) is 2.72. The third-order valence-electron chi connectivity index (χ3n) is 1.77. The van der Waals surface area contributed by atoms with Crippen molar-refractivity contribution in [2.24, 2.45) is 0 Å². The number of carbonyl (C=O) groups is 1. The van der Waals surface area contributed by atoms with Gasteiger partial charge < -0.3 is 5.32 Å². The molecule has 1 aliphatic heterocycles. The summed E-state index contributed by atoms with van der Waals surface area (Å²) in [5.41, 5.74) is 1.21. The average molecular weight is 229 g/mol. The first-order valence-electron chi connectivity index (χ1n) is 3.78. The van der Waals surface area contributed by atoms with Gasteiger partial charge in [0.1, 0.15) is 4.32 Å². The van der Waals surface area contributed by atoms with E-state index < -0.39 is 0 Å². The van der Waals surface area contributed by atoms with E-state index in [1.54, 1.807) is 11.3 Å². The van der Waals surface area contributed by atoms with Crippen molar-refractivity contribution < 1.29 is 4.79 Å². The molecule has 1 N–H and O–H groups in total. The predicted octanol–water partition coefficient (Wildman–Crippen LogP) is 1.81. The summed E-state index contributed by atoms with van der Waals surface area (Å²) in [6.45, 7) is 0. The Morgan fingerprint density at radius 1 is 1.62 bits per heavy atom. The zero-order chi connectivity index (χ0) is 9.26. The molecule has 0 saturated carbocycles. The van der Waals surface area contributed by atoms with E-state index in [1.807, 2.05) is 11.4 Å². The SMILES string of the molecule is O=C1NC(=S)SC1Cc1ccsc1. The minimum Gasteiger partial charge on any atom is -0.311 e. The molecule has 1 saturated heterocycles. The number of thiophene rings is 1. The van der Waals surface area contributed by atoms with Gasteiger partial charge in [0, 0.05) is 0 Å². The monoisotopic (exact) mass is 229 g/mol. The third-order valence-corrected chi connectivity index (χ3v) is 3.87. The van der Waals surface area contributed by atoms with Crippen LogP contribution in [0.25, 0.3) is 0 Å². The topological polar surface area (TPSA) is 29.1 Å². The molecule has 68 valence electrons. The van der Waals surface area contributed by atoms with E-state index in [9.17, 15) is 4.79 Å². The second-order valence-corrected chi connectivity index (χ2v) is 5.38. The van der Waals surface area contributed by atoms with Crippen molar-refractivity contribution in [3.05, 3.63) is 22.4 Å². The highest BCUT2D eigenvalue weighted by Crippen LogP contribution is 2.23. The van der Waals surface area contributed by atoms with E-state index in [1.165, 1.54) is 17.3 Å². The molecule has 0 aliphatic carbocycles. The normalized spacial score (nSPS) is 22.0. The number of thioether (sulfide) groups is 1. The number of hydrogen-bond acceptors (Lipinski definition) is 4. The summed E-state index contributed by atoms with van der Waals surface area (Å²) in [6, 6.07) is 2.04. The van der Waals surface area contributed by atoms with E-state index >= 15 is 0 Å². The van der Waals surface area contributed by atoms with Crippen molar-refractivity contribution in [3.8, 4) is 0 Å². The predicted molar refractivity (Wildman–Crippen MR) is 60.1 cm³/mol. The Bertz CT molecular complexity index is 333. The van der Waals surface area contributed by atoms with Crippen LogP contribution >= 0.6 is 35.3 Å². The van der Waals surface area contributed by atoms with Gasteiger partial charge in [0.25, 0.3) is 0 Å². The molecule has 2 nitrogen and oxygen atoms in total. The molecule has 2 rings (SSSR count). The number of rotatable bonds is 2. The van der Waals surface area contributed by atoms with E-state index in [2.05, 4.69) is 10.7 Å². The number of hydrogen-bond donors (Lipinski definition) is 1. The Morgan fingerprint density at radius 2 is 2.46 bits per heavy atom. The van der Waals surface area contributed by atoms with Crippen LogP contribution in [0.1, 0.15) is 5.56 Å². The van der Waals surface area contributed by atoms with Gasteiger partial charge in [0.15, 0.2) is 0 Å². The van der Waals surface area contributed by atoms with Crippen LogP contribution in [0.4, 0.5) is 0 Å². The molecule has 0 aromatic carbocycles. The van der Waals surface area contributed by atoms with E-state index in [-0.39, 0.29) is 11.2 Å². The molecule has 1 fully saturated rings. The molecule has 1 atom stereocenters. The van der Waals surface area contributed by atoms with Crippen LogP contribution in [0.5, 0.6) is 0 Å². The standard InChI is InChI=1S/C8H7NOS3/c10-7-6(13-8(11)9-7)3-5-1-2-12-4-5/h1-2,4,6H,3H2,(H,9,10,11). The first kappa shape index (κ1) is 9.18. The summed E-state index contributed by atoms with van der Waals surface area (Å²) in [5.74, 6) is 0.0428. The number of carbonyl (C=O) groups excluding carboxylic acids is 1. The van der Waals surface area contributed by atoms with Crippen molar-refractivity contribution in [2.45, 2.75) is 11.7 Å². The van der Waals surface area contributed by atoms with Crippen molar-refractivity contribution in [3.63, 3.8) is 0 Å². The van der Waals surface area contributed by atoms with Gasteiger partial charge in [-0.15, -0.1) is 0 Å². The molecule has 1 aliphatic rings. The van der Waals surface area contributed by atoms with Crippen molar-refractivity contribution in [1.29, 1.82) is 0 Å². The smallest absolute Gasteiger partial charge is 0.239 e. The third kappa shape index (κ3) is 2.10. The van der Waals surface area contributed by atoms with Gasteiger partial charge in [-0.3, -0.25) is 4.79 Å². The van der Waals surface area contributed by atoms with Gasteiger partial charge in [-0.2, -0.15) is 11.3 Å². The Morgan fingerprint density at radius 3 is 3.00 bits per heavy atom. The van der Waals surface area contributed by atoms with Crippen LogP contribution in [0.2, 0.25) is 0 Å². The molecule has 1 unspecified atom stereocenters. The van der Waals surface area contributed by atoms with Crippen molar-refractivity contribution in [2.75, 3.05) is 0 Å². The lowest BCUT2D eigenvalue weighted by molar-refractivity contribution is -0.118. The molecule has 1 aromatic heterocycles. The van der Waals surface area contributed by atoms with Gasteiger partial charge in [-0.25, -0.2) is 0 Å². The summed E-state index contributed by atoms with van der Waals surface area (Å²) < 4.78 is 0.602. The highest BCUT2D eigenvalue weighted by molar-refractivity contribution is 8.24. The fraction of sp³-hybridized carbons (Fsp3) is 0.250. The molecule has 0 bridgehead atoms. The van der Waals surface area contributed by atoms with Crippen molar-refractivity contribution in [1.82, 2.24) is 5.32 Å². The zero-order valence-corrected chi connectivity index (χ0v) is 9.10. The molecule has 2 heterocycles. The maximum absolute atomic E-state index is 11.3. The number of amides is 1. The number of thiocarbonyl (C=S) groups is 1. The molecular weight excluding hydrogens is 222 g/mol. The maximum atomic E-state index is 11.3. The second kappa shape index (κ2) is 3.77. The summed E-state index contributed by atoms with van der Waals surface area (Å²) in [4.78, 5) is 11.3. The minimum absolute atomic E-state index is 0.0258. The summed E-state index contributed by atoms with van der Waals surface area (Å²) in [7, 11) is 0. The van der Waals surface area contributed by atoms with Gasteiger partial charge in [-0.05, 0) is 28.8 Å². The quantitative estimate of drug-likeness (QED) is 0.784. The first-order chi connectivity index (χ1) is 6.25. The highest BCUT2D eigenvalue weighted by atomic mass is 32.2. The van der Waals surface area contributed by atoms with Gasteiger partial charge >= 0.3 is 0 Å². The molecule has 5 heteroatoms. The molecular formula is C8H7NOS3. The van der Waals surface area contributed by atoms with Crippen LogP contribution in [0.3, 0.4) is 0 Å². The zero-order valence-electron chi connectivity index (χ0n) is 6.65. The summed E-state index contributed by atoms with van der Waals surface area (Å²) >= 11 is 8.00. The highest BCUT2D eigenvalue weighted by Gasteiger charge is 2.28. The lowest BCUT2D eigenvalue weighted by Gasteiger charge is -2.01. The van der Waals surface area contributed by atoms with Crippen LogP contribution in [0.15, 0.2) is 16.8 Å². The van der Waals surface area contributed by atoms with E-state index in [4.69, 9.17) is 12.2 Å². The Kier molecular flexibility index (Phi) is 2.66. The van der Waals surface area contributed by atoms with Crippen LogP contribution in [0, 0.1) is 0 Å². The van der Waals surface area contributed by atoms with Gasteiger partial charge in [0.05, 0.1) is 5.25 Å². The molecule has 1 aromatic rings. The lowest BCUT2D eigenvalue weighted by Crippen LogP contribution is -2.25. The molecule has 0 spiro atoms.